The number of rotatable bonds is 1. The van der Waals surface area contributed by atoms with Gasteiger partial charge in [-0.3, -0.25) is 0 Å². The zero-order valence-electron chi connectivity index (χ0n) is 5.53. The predicted molar refractivity (Wildman–Crippen MR) is 33.7 cm³/mol. The third kappa shape index (κ3) is 0.759. The second kappa shape index (κ2) is 2.29. The molecule has 0 aliphatic carbocycles. The summed E-state index contributed by atoms with van der Waals surface area (Å²) in [4.78, 5) is 10.1. The summed E-state index contributed by atoms with van der Waals surface area (Å²) >= 11 is 0. The Morgan fingerprint density at radius 1 is 1.40 bits per heavy atom. The molecule has 2 aliphatic rings. The molecule has 0 spiro atoms. The fourth-order valence-corrected chi connectivity index (χ4v) is 1.54. The fourth-order valence-electron chi connectivity index (χ4n) is 1.54. The van der Waals surface area contributed by atoms with Crippen LogP contribution >= 0.6 is 0 Å². The highest BCUT2D eigenvalue weighted by Gasteiger charge is 2.42. The predicted octanol–water partition coefficient (Wildman–Crippen LogP) is 0.309. The number of nitroso groups, excluding NO2 is 1. The van der Waals surface area contributed by atoms with Crippen molar-refractivity contribution in [2.75, 3.05) is 13.2 Å². The molecule has 2 rings (SSSR count). The minimum atomic E-state index is -0.257. The molecular weight excluding hydrogens is 134 g/mol. The Balaban J connectivity index is 2.07. The van der Waals surface area contributed by atoms with Gasteiger partial charge in [-0.15, -0.1) is 0 Å². The van der Waals surface area contributed by atoms with Gasteiger partial charge in [-0.05, 0) is 6.42 Å². The molecule has 0 bridgehead atoms. The van der Waals surface area contributed by atoms with E-state index < -0.39 is 0 Å². The lowest BCUT2D eigenvalue weighted by Gasteiger charge is -2.06. The van der Waals surface area contributed by atoms with Crippen LogP contribution in [0.4, 0.5) is 0 Å². The van der Waals surface area contributed by atoms with Gasteiger partial charge < -0.3 is 9.47 Å². The van der Waals surface area contributed by atoms with E-state index >= 15 is 0 Å². The van der Waals surface area contributed by atoms with Gasteiger partial charge in [0, 0.05) is 6.61 Å². The first kappa shape index (κ1) is 6.24. The van der Waals surface area contributed by atoms with Crippen molar-refractivity contribution in [3.05, 3.63) is 4.91 Å². The van der Waals surface area contributed by atoms with E-state index in [9.17, 15) is 4.91 Å². The number of fused-ring (bicyclic) bond motifs is 1. The van der Waals surface area contributed by atoms with Gasteiger partial charge in [0.05, 0.1) is 12.7 Å². The van der Waals surface area contributed by atoms with Crippen molar-refractivity contribution < 1.29 is 9.47 Å². The largest absolute Gasteiger partial charge is 0.373 e. The number of nitrogens with zero attached hydrogens (tertiary/aromatic N) is 1. The smallest absolute Gasteiger partial charge is 0.144 e. The summed E-state index contributed by atoms with van der Waals surface area (Å²) in [5, 5.41) is 2.93. The molecule has 0 N–H and O–H groups in total. The summed E-state index contributed by atoms with van der Waals surface area (Å²) in [6.07, 6.45) is 1.01. The Labute approximate surface area is 58.5 Å². The highest BCUT2D eigenvalue weighted by atomic mass is 16.6. The van der Waals surface area contributed by atoms with Gasteiger partial charge in [0.15, 0.2) is 0 Å². The molecule has 4 nitrogen and oxygen atoms in total. The molecule has 0 aromatic rings. The summed E-state index contributed by atoms with van der Waals surface area (Å²) in [5.41, 5.74) is 0. The quantitative estimate of drug-likeness (QED) is 0.496. The van der Waals surface area contributed by atoms with Gasteiger partial charge in [-0.1, -0.05) is 5.18 Å². The summed E-state index contributed by atoms with van der Waals surface area (Å²) < 4.78 is 10.5. The van der Waals surface area contributed by atoms with Crippen LogP contribution in [0.1, 0.15) is 6.42 Å². The molecule has 2 aliphatic heterocycles. The summed E-state index contributed by atoms with van der Waals surface area (Å²) in [6.45, 7) is 1.15. The molecule has 3 atom stereocenters. The number of hydrogen-bond acceptors (Lipinski definition) is 4. The minimum absolute atomic E-state index is 0.0440. The van der Waals surface area contributed by atoms with Gasteiger partial charge in [0.2, 0.25) is 0 Å². The van der Waals surface area contributed by atoms with Crippen molar-refractivity contribution in [2.24, 2.45) is 5.18 Å². The van der Waals surface area contributed by atoms with Crippen LogP contribution in [0, 0.1) is 4.91 Å². The molecule has 0 saturated carbocycles. The van der Waals surface area contributed by atoms with Crippen molar-refractivity contribution in [1.29, 1.82) is 0 Å². The second-order valence-electron chi connectivity index (χ2n) is 2.67. The van der Waals surface area contributed by atoms with Crippen LogP contribution in [-0.4, -0.2) is 31.5 Å². The van der Waals surface area contributed by atoms with E-state index in [1.165, 1.54) is 0 Å². The van der Waals surface area contributed by atoms with Crippen molar-refractivity contribution in [3.8, 4) is 0 Å². The van der Waals surface area contributed by atoms with Gasteiger partial charge in [-0.2, -0.15) is 4.91 Å². The van der Waals surface area contributed by atoms with Crippen molar-refractivity contribution in [2.45, 2.75) is 24.7 Å². The van der Waals surface area contributed by atoms with Crippen LogP contribution in [0.2, 0.25) is 0 Å². The van der Waals surface area contributed by atoms with E-state index in [1.54, 1.807) is 0 Å². The Morgan fingerprint density at radius 3 is 3.10 bits per heavy atom. The van der Waals surface area contributed by atoms with Gasteiger partial charge in [-0.25, -0.2) is 0 Å². The number of ether oxygens (including phenoxy) is 2. The molecule has 0 radical (unpaired) electrons. The average Bonchev–Trinajstić information content (AvgIpc) is 2.44. The van der Waals surface area contributed by atoms with E-state index in [0.717, 1.165) is 6.42 Å². The number of hydrogen-bond donors (Lipinski definition) is 0. The highest BCUT2D eigenvalue weighted by molar-refractivity contribution is 4.92. The summed E-state index contributed by atoms with van der Waals surface area (Å²) in [7, 11) is 0. The fraction of sp³-hybridized carbons (Fsp3) is 1.00. The zero-order valence-corrected chi connectivity index (χ0v) is 5.53. The molecule has 56 valence electrons. The first-order chi connectivity index (χ1) is 4.92. The maximum atomic E-state index is 10.1. The topological polar surface area (TPSA) is 47.9 Å². The van der Waals surface area contributed by atoms with Gasteiger partial charge in [0.25, 0.3) is 0 Å². The zero-order chi connectivity index (χ0) is 6.97. The van der Waals surface area contributed by atoms with Gasteiger partial charge >= 0.3 is 0 Å². The molecular formula is C6H9NO3. The molecule has 2 heterocycles. The normalized spacial score (nSPS) is 45.4. The van der Waals surface area contributed by atoms with Crippen molar-refractivity contribution >= 4 is 0 Å². The molecule has 4 heteroatoms. The lowest BCUT2D eigenvalue weighted by atomic mass is 10.1. The van der Waals surface area contributed by atoms with Gasteiger partial charge in [0.1, 0.15) is 12.1 Å². The molecule has 2 saturated heterocycles. The molecule has 10 heavy (non-hydrogen) atoms. The van der Waals surface area contributed by atoms with E-state index in [0.29, 0.717) is 13.2 Å². The molecule has 2 unspecified atom stereocenters. The third-order valence-corrected chi connectivity index (χ3v) is 2.07. The van der Waals surface area contributed by atoms with E-state index in [-0.39, 0.29) is 18.2 Å². The van der Waals surface area contributed by atoms with Crippen LogP contribution in [-0.2, 0) is 9.47 Å². The lowest BCUT2D eigenvalue weighted by molar-refractivity contribution is 0.0709. The van der Waals surface area contributed by atoms with Crippen molar-refractivity contribution in [3.63, 3.8) is 0 Å². The first-order valence-electron chi connectivity index (χ1n) is 3.47. The molecule has 0 amide bonds. The third-order valence-electron chi connectivity index (χ3n) is 2.07. The second-order valence-corrected chi connectivity index (χ2v) is 2.67. The Kier molecular flexibility index (Phi) is 1.43. The van der Waals surface area contributed by atoms with E-state index in [1.807, 2.05) is 0 Å². The van der Waals surface area contributed by atoms with E-state index in [4.69, 9.17) is 9.47 Å². The molecule has 0 aromatic carbocycles. The van der Waals surface area contributed by atoms with Crippen LogP contribution in [0.5, 0.6) is 0 Å². The standard InChI is InChI=1S/C6H9NO3/c8-7-4-3-10-5-1-2-9-6(4)5/h4-6H,1-3H2/t4-,5?,6?/m1/s1. The summed E-state index contributed by atoms with van der Waals surface area (Å²) in [6, 6.07) is -0.257. The first-order valence-corrected chi connectivity index (χ1v) is 3.47. The van der Waals surface area contributed by atoms with Crippen LogP contribution in [0.25, 0.3) is 0 Å². The van der Waals surface area contributed by atoms with Crippen LogP contribution < -0.4 is 0 Å². The van der Waals surface area contributed by atoms with Crippen molar-refractivity contribution in [1.82, 2.24) is 0 Å². The summed E-state index contributed by atoms with van der Waals surface area (Å²) in [5.74, 6) is 0. The minimum Gasteiger partial charge on any atom is -0.373 e. The Morgan fingerprint density at radius 2 is 2.30 bits per heavy atom. The molecule has 0 aromatic heterocycles. The average molecular weight is 143 g/mol. The SMILES string of the molecule is O=N[C@@H]1COC2CCOC21. The maximum absolute atomic E-state index is 10.1. The Bertz CT molecular complexity index is 150. The van der Waals surface area contributed by atoms with E-state index in [2.05, 4.69) is 5.18 Å². The molecule has 2 fully saturated rings. The monoisotopic (exact) mass is 143 g/mol. The lowest BCUT2D eigenvalue weighted by Crippen LogP contribution is -2.25. The Hall–Kier alpha value is -0.480. The van der Waals surface area contributed by atoms with Crippen LogP contribution in [0.3, 0.4) is 0 Å². The maximum Gasteiger partial charge on any atom is 0.144 e. The highest BCUT2D eigenvalue weighted by Crippen LogP contribution is 2.27. The van der Waals surface area contributed by atoms with Crippen LogP contribution in [0.15, 0.2) is 5.18 Å².